The van der Waals surface area contributed by atoms with Gasteiger partial charge in [-0.25, -0.2) is 9.78 Å². The maximum atomic E-state index is 11.0. The van der Waals surface area contributed by atoms with Gasteiger partial charge in [-0.2, -0.15) is 0 Å². The number of carboxylic acid groups (broad SMARTS) is 1. The van der Waals surface area contributed by atoms with Crippen molar-refractivity contribution in [3.8, 4) is 5.69 Å². The summed E-state index contributed by atoms with van der Waals surface area (Å²) < 4.78 is 1.78. The molecule has 0 radical (unpaired) electrons. The van der Waals surface area contributed by atoms with E-state index in [0.29, 0.717) is 10.7 Å². The molecule has 0 saturated heterocycles. The number of hydrogen-bond acceptors (Lipinski definition) is 2. The maximum Gasteiger partial charge on any atom is 0.335 e. The van der Waals surface area contributed by atoms with Gasteiger partial charge in [0.05, 0.1) is 27.3 Å². The van der Waals surface area contributed by atoms with Crippen molar-refractivity contribution >= 4 is 28.6 Å². The first-order chi connectivity index (χ1) is 9.16. The lowest BCUT2D eigenvalue weighted by Crippen LogP contribution is -2.00. The van der Waals surface area contributed by atoms with Crippen molar-refractivity contribution < 1.29 is 9.90 Å². The molecule has 0 aliphatic rings. The Balaban J connectivity index is 2.26. The number of fused-ring (bicyclic) bond motifs is 1. The third-order valence-corrected chi connectivity index (χ3v) is 3.23. The van der Waals surface area contributed by atoms with Crippen molar-refractivity contribution in [2.45, 2.75) is 0 Å². The van der Waals surface area contributed by atoms with Crippen LogP contribution in [0, 0.1) is 0 Å². The highest BCUT2D eigenvalue weighted by molar-refractivity contribution is 6.32. The molecule has 0 aliphatic carbocycles. The van der Waals surface area contributed by atoms with Crippen LogP contribution in [0.15, 0.2) is 48.8 Å². The molecule has 0 spiro atoms. The number of carbonyl (C=O) groups is 1. The molecular weight excluding hydrogens is 264 g/mol. The molecule has 0 saturated carbocycles. The molecule has 94 valence electrons. The molecule has 0 bridgehead atoms. The minimum Gasteiger partial charge on any atom is -0.478 e. The number of imidazole rings is 1. The summed E-state index contributed by atoms with van der Waals surface area (Å²) in [4.78, 5) is 15.3. The summed E-state index contributed by atoms with van der Waals surface area (Å²) in [5.41, 5.74) is 2.51. The van der Waals surface area contributed by atoms with E-state index in [1.165, 1.54) is 6.07 Å². The first-order valence-corrected chi connectivity index (χ1v) is 6.00. The zero-order valence-electron chi connectivity index (χ0n) is 9.75. The second-order valence-corrected chi connectivity index (χ2v) is 4.48. The van der Waals surface area contributed by atoms with Crippen LogP contribution in [0.3, 0.4) is 0 Å². The predicted octanol–water partition coefficient (Wildman–Crippen LogP) is 3.38. The second-order valence-electron chi connectivity index (χ2n) is 4.07. The highest BCUT2D eigenvalue weighted by Gasteiger charge is 2.11. The largest absolute Gasteiger partial charge is 0.478 e. The third-order valence-electron chi connectivity index (χ3n) is 2.91. The van der Waals surface area contributed by atoms with Crippen molar-refractivity contribution in [3.05, 3.63) is 59.4 Å². The van der Waals surface area contributed by atoms with Gasteiger partial charge in [0.15, 0.2) is 0 Å². The lowest BCUT2D eigenvalue weighted by Gasteiger charge is -2.07. The first-order valence-electron chi connectivity index (χ1n) is 5.62. The highest BCUT2D eigenvalue weighted by atomic mass is 35.5. The first kappa shape index (κ1) is 11.7. The van der Waals surface area contributed by atoms with Gasteiger partial charge in [0.1, 0.15) is 6.33 Å². The number of nitrogens with zero attached hydrogens (tertiary/aromatic N) is 2. The number of carboxylic acids is 1. The molecule has 2 aromatic carbocycles. The average molecular weight is 273 g/mol. The number of halogens is 1. The summed E-state index contributed by atoms with van der Waals surface area (Å²) in [5.74, 6) is -0.984. The van der Waals surface area contributed by atoms with Gasteiger partial charge in [-0.05, 0) is 30.3 Å². The zero-order chi connectivity index (χ0) is 13.4. The van der Waals surface area contributed by atoms with Crippen LogP contribution in [0.25, 0.3) is 16.7 Å². The Bertz CT molecular complexity index is 780. The van der Waals surface area contributed by atoms with E-state index in [9.17, 15) is 4.79 Å². The van der Waals surface area contributed by atoms with Crippen molar-refractivity contribution in [3.63, 3.8) is 0 Å². The molecule has 0 atom stereocenters. The van der Waals surface area contributed by atoms with Gasteiger partial charge in [-0.1, -0.05) is 23.7 Å². The number of rotatable bonds is 2. The monoisotopic (exact) mass is 272 g/mol. The van der Waals surface area contributed by atoms with E-state index < -0.39 is 5.97 Å². The molecule has 0 fully saturated rings. The molecule has 3 aromatic rings. The number of benzene rings is 2. The average Bonchev–Trinajstić information content (AvgIpc) is 2.83. The molecule has 4 nitrogen and oxygen atoms in total. The Morgan fingerprint density at radius 3 is 2.79 bits per heavy atom. The van der Waals surface area contributed by atoms with Crippen molar-refractivity contribution in [2.24, 2.45) is 0 Å². The maximum absolute atomic E-state index is 11.0. The van der Waals surface area contributed by atoms with E-state index in [0.717, 1.165) is 11.0 Å². The lowest BCUT2D eigenvalue weighted by molar-refractivity contribution is 0.0697. The number of hydrogen-bond donors (Lipinski definition) is 1. The van der Waals surface area contributed by atoms with Gasteiger partial charge < -0.3 is 5.11 Å². The standard InChI is InChI=1S/C14H9ClN2O2/c15-10-6-5-9(14(18)19)7-13(10)17-8-16-11-3-1-2-4-12(11)17/h1-8H,(H,18,19). The predicted molar refractivity (Wildman–Crippen MR) is 73.0 cm³/mol. The summed E-state index contributed by atoms with van der Waals surface area (Å²) in [6.45, 7) is 0. The molecule has 1 aromatic heterocycles. The Labute approximate surface area is 113 Å². The van der Waals surface area contributed by atoms with Crippen LogP contribution < -0.4 is 0 Å². The summed E-state index contributed by atoms with van der Waals surface area (Å²) >= 11 is 6.15. The summed E-state index contributed by atoms with van der Waals surface area (Å²) in [6, 6.07) is 12.2. The summed E-state index contributed by atoms with van der Waals surface area (Å²) in [7, 11) is 0. The molecule has 1 heterocycles. The third kappa shape index (κ3) is 1.96. The fraction of sp³-hybridized carbons (Fsp3) is 0. The van der Waals surface area contributed by atoms with Gasteiger partial charge in [-0.15, -0.1) is 0 Å². The van der Waals surface area contributed by atoms with Crippen LogP contribution in [-0.2, 0) is 0 Å². The van der Waals surface area contributed by atoms with Crippen LogP contribution in [0.1, 0.15) is 10.4 Å². The Hall–Kier alpha value is -2.33. The fourth-order valence-electron chi connectivity index (χ4n) is 1.98. The molecule has 0 amide bonds. The van der Waals surface area contributed by atoms with Crippen LogP contribution in [0.2, 0.25) is 5.02 Å². The minimum absolute atomic E-state index is 0.192. The summed E-state index contributed by atoms with van der Waals surface area (Å²) in [5, 5.41) is 9.52. The Morgan fingerprint density at radius 2 is 2.00 bits per heavy atom. The van der Waals surface area contributed by atoms with E-state index in [2.05, 4.69) is 4.98 Å². The molecule has 19 heavy (non-hydrogen) atoms. The molecule has 0 aliphatic heterocycles. The van der Waals surface area contributed by atoms with Gasteiger partial charge in [0.2, 0.25) is 0 Å². The van der Waals surface area contributed by atoms with Crippen molar-refractivity contribution in [1.29, 1.82) is 0 Å². The summed E-state index contributed by atoms with van der Waals surface area (Å²) in [6.07, 6.45) is 1.64. The van der Waals surface area contributed by atoms with E-state index in [1.54, 1.807) is 23.0 Å². The molecular formula is C14H9ClN2O2. The molecule has 1 N–H and O–H groups in total. The second kappa shape index (κ2) is 4.40. The van der Waals surface area contributed by atoms with Gasteiger partial charge in [0, 0.05) is 0 Å². The quantitative estimate of drug-likeness (QED) is 0.778. The normalized spacial score (nSPS) is 10.8. The minimum atomic E-state index is -0.984. The van der Waals surface area contributed by atoms with Crippen LogP contribution in [-0.4, -0.2) is 20.6 Å². The van der Waals surface area contributed by atoms with Crippen LogP contribution >= 0.6 is 11.6 Å². The van der Waals surface area contributed by atoms with E-state index in [-0.39, 0.29) is 5.56 Å². The fourth-order valence-corrected chi connectivity index (χ4v) is 2.19. The SMILES string of the molecule is O=C(O)c1ccc(Cl)c(-n2cnc3ccccc32)c1. The van der Waals surface area contributed by atoms with Gasteiger partial charge >= 0.3 is 5.97 Å². The molecule has 3 rings (SSSR count). The number of para-hydroxylation sites is 2. The van der Waals surface area contributed by atoms with Crippen molar-refractivity contribution in [2.75, 3.05) is 0 Å². The topological polar surface area (TPSA) is 55.1 Å². The van der Waals surface area contributed by atoms with Gasteiger partial charge in [-0.3, -0.25) is 4.57 Å². The van der Waals surface area contributed by atoms with Crippen LogP contribution in [0.4, 0.5) is 0 Å². The smallest absolute Gasteiger partial charge is 0.335 e. The van der Waals surface area contributed by atoms with Crippen molar-refractivity contribution in [1.82, 2.24) is 9.55 Å². The van der Waals surface area contributed by atoms with E-state index in [1.807, 2.05) is 24.3 Å². The zero-order valence-corrected chi connectivity index (χ0v) is 10.5. The molecule has 5 heteroatoms. The molecule has 0 unspecified atom stereocenters. The van der Waals surface area contributed by atoms with E-state index >= 15 is 0 Å². The lowest BCUT2D eigenvalue weighted by atomic mass is 10.2. The van der Waals surface area contributed by atoms with E-state index in [4.69, 9.17) is 16.7 Å². The Kier molecular flexibility index (Phi) is 2.72. The number of aromatic nitrogens is 2. The highest BCUT2D eigenvalue weighted by Crippen LogP contribution is 2.25. The van der Waals surface area contributed by atoms with Crippen LogP contribution in [0.5, 0.6) is 0 Å². The van der Waals surface area contributed by atoms with Gasteiger partial charge in [0.25, 0.3) is 0 Å². The Morgan fingerprint density at radius 1 is 1.21 bits per heavy atom. The number of aromatic carboxylic acids is 1.